The monoisotopic (exact) mass is 413 g/mol. The molecule has 0 bridgehead atoms. The molecule has 0 spiro atoms. The van der Waals surface area contributed by atoms with E-state index in [9.17, 15) is 14.9 Å². The van der Waals surface area contributed by atoms with Crippen molar-refractivity contribution in [2.45, 2.75) is 45.1 Å². The highest BCUT2D eigenvalue weighted by molar-refractivity contribution is 5.92. The minimum atomic E-state index is -0.895. The first-order valence-electron chi connectivity index (χ1n) is 10.7. The van der Waals surface area contributed by atoms with Crippen LogP contribution in [0, 0.1) is 15.5 Å². The fraction of sp³-hybridized carbons (Fsp3) is 0.296. The minimum absolute atomic E-state index is 0.111. The molecular weight excluding hydrogens is 386 g/mol. The van der Waals surface area contributed by atoms with Crippen molar-refractivity contribution in [3.8, 4) is 0 Å². The van der Waals surface area contributed by atoms with Crippen LogP contribution in [0.4, 0.5) is 0 Å². The minimum Gasteiger partial charge on any atom is -0.295 e. The number of rotatable bonds is 6. The molecule has 0 aromatic heterocycles. The lowest BCUT2D eigenvalue weighted by molar-refractivity contribution is -0.533. The van der Waals surface area contributed by atoms with E-state index in [2.05, 4.69) is 13.8 Å². The molecule has 0 N–H and O–H groups in total. The maximum Gasteiger partial charge on any atom is 0.245 e. The quantitative estimate of drug-likeness (QED) is 0.336. The predicted molar refractivity (Wildman–Crippen MR) is 124 cm³/mol. The lowest BCUT2D eigenvalue weighted by atomic mass is 9.72. The summed E-state index contributed by atoms with van der Waals surface area (Å²) in [5.74, 6) is -0.267. The number of fused-ring (bicyclic) bond motifs is 1. The summed E-state index contributed by atoms with van der Waals surface area (Å²) in [5, 5.41) is 14.5. The van der Waals surface area contributed by atoms with E-state index in [4.69, 9.17) is 0 Å². The Balaban J connectivity index is 1.86. The predicted octanol–water partition coefficient (Wildman–Crippen LogP) is 6.65. The number of ketones is 1. The molecule has 3 aromatic rings. The molecular formula is C27H27NO3. The van der Waals surface area contributed by atoms with Gasteiger partial charge in [0.15, 0.2) is 5.78 Å². The van der Waals surface area contributed by atoms with Crippen molar-refractivity contribution in [2.75, 3.05) is 0 Å². The van der Waals surface area contributed by atoms with Crippen LogP contribution in [0.15, 0.2) is 84.4 Å². The highest BCUT2D eigenvalue weighted by atomic mass is 16.6. The molecule has 2 atom stereocenters. The Morgan fingerprint density at radius 1 is 0.935 bits per heavy atom. The van der Waals surface area contributed by atoms with Gasteiger partial charge in [0, 0.05) is 16.9 Å². The molecule has 1 aliphatic rings. The van der Waals surface area contributed by atoms with Gasteiger partial charge in [0.05, 0.1) is 5.92 Å². The standard InChI is InChI=1S/C27H27NO3/c1-27(2)17-19(15-22(29)18-27)16-25(26(28(30)31)21-10-4-3-5-11-21)24-14-8-12-20-9-6-7-13-23(20)24/h3-15,25-26H,16-18H2,1-2H3/t25-,26+/m1/s1. The molecule has 4 heteroatoms. The van der Waals surface area contributed by atoms with Gasteiger partial charge >= 0.3 is 0 Å². The van der Waals surface area contributed by atoms with Gasteiger partial charge in [-0.3, -0.25) is 14.9 Å². The van der Waals surface area contributed by atoms with Crippen LogP contribution in [-0.2, 0) is 4.79 Å². The number of allylic oxidation sites excluding steroid dienone is 2. The number of carbonyl (C=O) groups is 1. The van der Waals surface area contributed by atoms with Gasteiger partial charge < -0.3 is 0 Å². The van der Waals surface area contributed by atoms with E-state index in [1.54, 1.807) is 6.08 Å². The van der Waals surface area contributed by atoms with Crippen LogP contribution in [0.25, 0.3) is 10.8 Å². The van der Waals surface area contributed by atoms with Crippen LogP contribution in [-0.4, -0.2) is 10.7 Å². The van der Waals surface area contributed by atoms with Crippen molar-refractivity contribution in [3.63, 3.8) is 0 Å². The van der Waals surface area contributed by atoms with Crippen molar-refractivity contribution in [3.05, 3.63) is 106 Å². The molecule has 0 unspecified atom stereocenters. The summed E-state index contributed by atoms with van der Waals surface area (Å²) in [6.07, 6.45) is 3.51. The van der Waals surface area contributed by atoms with E-state index in [1.807, 2.05) is 72.8 Å². The Morgan fingerprint density at radius 3 is 2.32 bits per heavy atom. The molecule has 0 fully saturated rings. The Labute approximate surface area is 182 Å². The maximum absolute atomic E-state index is 12.4. The van der Waals surface area contributed by atoms with Crippen molar-refractivity contribution in [1.29, 1.82) is 0 Å². The van der Waals surface area contributed by atoms with Crippen molar-refractivity contribution >= 4 is 16.6 Å². The van der Waals surface area contributed by atoms with Gasteiger partial charge in [-0.15, -0.1) is 0 Å². The van der Waals surface area contributed by atoms with Crippen LogP contribution in [0.1, 0.15) is 56.2 Å². The number of nitrogens with zero attached hydrogens (tertiary/aromatic N) is 1. The van der Waals surface area contributed by atoms with E-state index < -0.39 is 6.04 Å². The fourth-order valence-electron chi connectivity index (χ4n) is 5.01. The van der Waals surface area contributed by atoms with Gasteiger partial charge in [0.25, 0.3) is 0 Å². The Kier molecular flexibility index (Phi) is 5.73. The molecule has 0 saturated carbocycles. The summed E-state index contributed by atoms with van der Waals surface area (Å²) in [7, 11) is 0. The smallest absolute Gasteiger partial charge is 0.245 e. The Morgan fingerprint density at radius 2 is 1.61 bits per heavy atom. The highest BCUT2D eigenvalue weighted by Crippen LogP contribution is 2.44. The van der Waals surface area contributed by atoms with E-state index in [1.165, 1.54) is 0 Å². The lowest BCUT2D eigenvalue weighted by Gasteiger charge is -2.31. The number of benzene rings is 3. The van der Waals surface area contributed by atoms with Gasteiger partial charge in [-0.2, -0.15) is 0 Å². The highest BCUT2D eigenvalue weighted by Gasteiger charge is 2.37. The second-order valence-corrected chi connectivity index (χ2v) is 9.31. The zero-order valence-corrected chi connectivity index (χ0v) is 18.0. The number of hydrogen-bond acceptors (Lipinski definition) is 3. The normalized spacial score (nSPS) is 17.7. The van der Waals surface area contributed by atoms with Crippen LogP contribution in [0.5, 0.6) is 0 Å². The summed E-state index contributed by atoms with van der Waals surface area (Å²) >= 11 is 0. The van der Waals surface area contributed by atoms with Crippen LogP contribution < -0.4 is 0 Å². The van der Waals surface area contributed by atoms with Crippen molar-refractivity contribution in [2.24, 2.45) is 5.41 Å². The summed E-state index contributed by atoms with van der Waals surface area (Å²) in [4.78, 5) is 24.6. The molecule has 1 aliphatic carbocycles. The largest absolute Gasteiger partial charge is 0.295 e. The average Bonchev–Trinajstić information content (AvgIpc) is 2.72. The average molecular weight is 414 g/mol. The Bertz CT molecular complexity index is 1140. The summed E-state index contributed by atoms with van der Waals surface area (Å²) in [6, 6.07) is 22.4. The zero-order valence-electron chi connectivity index (χ0n) is 18.0. The molecule has 31 heavy (non-hydrogen) atoms. The van der Waals surface area contributed by atoms with Gasteiger partial charge in [-0.1, -0.05) is 92.2 Å². The molecule has 0 amide bonds. The third-order valence-electron chi connectivity index (χ3n) is 6.18. The number of carbonyl (C=O) groups excluding carboxylic acids is 1. The summed E-state index contributed by atoms with van der Waals surface area (Å²) in [6.45, 7) is 4.18. The van der Waals surface area contributed by atoms with Gasteiger partial charge in [-0.05, 0) is 40.7 Å². The van der Waals surface area contributed by atoms with Crippen molar-refractivity contribution in [1.82, 2.24) is 0 Å². The molecule has 3 aromatic carbocycles. The molecule has 0 radical (unpaired) electrons. The van der Waals surface area contributed by atoms with E-state index in [0.29, 0.717) is 18.4 Å². The molecule has 0 aliphatic heterocycles. The first kappa shape index (κ1) is 21.0. The van der Waals surface area contributed by atoms with Gasteiger partial charge in [0.1, 0.15) is 0 Å². The molecule has 0 heterocycles. The summed E-state index contributed by atoms with van der Waals surface area (Å²) < 4.78 is 0. The third kappa shape index (κ3) is 4.58. The first-order valence-corrected chi connectivity index (χ1v) is 10.7. The summed E-state index contributed by atoms with van der Waals surface area (Å²) in [5.41, 5.74) is 2.52. The molecule has 158 valence electrons. The Hall–Kier alpha value is -3.27. The van der Waals surface area contributed by atoms with Crippen LogP contribution in [0.3, 0.4) is 0 Å². The maximum atomic E-state index is 12.4. The molecule has 0 saturated heterocycles. The van der Waals surface area contributed by atoms with E-state index >= 15 is 0 Å². The van der Waals surface area contributed by atoms with Crippen molar-refractivity contribution < 1.29 is 9.72 Å². The number of hydrogen-bond donors (Lipinski definition) is 0. The second-order valence-electron chi connectivity index (χ2n) is 9.31. The molecule has 4 rings (SSSR count). The van der Waals surface area contributed by atoms with Gasteiger partial charge in [-0.25, -0.2) is 0 Å². The topological polar surface area (TPSA) is 60.2 Å². The fourth-order valence-corrected chi connectivity index (χ4v) is 5.01. The third-order valence-corrected chi connectivity index (χ3v) is 6.18. The zero-order chi connectivity index (χ0) is 22.0. The van der Waals surface area contributed by atoms with Gasteiger partial charge in [0.2, 0.25) is 6.04 Å². The van der Waals surface area contributed by atoms with Crippen LogP contribution in [0.2, 0.25) is 0 Å². The number of nitro groups is 1. The SMILES string of the molecule is CC1(C)CC(=O)C=C(C[C@H](c2cccc3ccccc23)[C@H](c2ccccc2)[N+](=O)[O-])C1. The second kappa shape index (κ2) is 8.46. The van der Waals surface area contributed by atoms with Crippen LogP contribution >= 0.6 is 0 Å². The lowest BCUT2D eigenvalue weighted by Crippen LogP contribution is -2.25. The first-order chi connectivity index (χ1) is 14.8. The van der Waals surface area contributed by atoms with E-state index in [0.717, 1.165) is 28.3 Å². The molecule has 4 nitrogen and oxygen atoms in total. The van der Waals surface area contributed by atoms with E-state index in [-0.39, 0.29) is 22.0 Å².